The van der Waals surface area contributed by atoms with Crippen molar-refractivity contribution in [3.8, 4) is 17.3 Å². The molecule has 2 N–H and O–H groups in total. The molecule has 3 rings (SSSR count). The Balaban J connectivity index is 1.92. The van der Waals surface area contributed by atoms with E-state index in [1.54, 1.807) is 7.11 Å². The van der Waals surface area contributed by atoms with Crippen LogP contribution in [0.3, 0.4) is 0 Å². The lowest BCUT2D eigenvalue weighted by Gasteiger charge is -2.21. The van der Waals surface area contributed by atoms with Gasteiger partial charge in [0.2, 0.25) is 0 Å². The van der Waals surface area contributed by atoms with E-state index in [1.807, 2.05) is 24.0 Å². The summed E-state index contributed by atoms with van der Waals surface area (Å²) in [5.41, 5.74) is 8.66. The van der Waals surface area contributed by atoms with Gasteiger partial charge in [0.05, 0.1) is 36.5 Å². The van der Waals surface area contributed by atoms with Gasteiger partial charge < -0.3 is 10.5 Å². The number of nitrogens with zero attached hydrogens (tertiary/aromatic N) is 5. The van der Waals surface area contributed by atoms with E-state index in [0.29, 0.717) is 24.6 Å². The average Bonchev–Trinajstić information content (AvgIpc) is 3.33. The number of ether oxygens (including phenoxy) is 1. The SMILES string of the molecule is COC(C)Cc1c(N)ncnc1-c1cnn([C@H](CC#N)C2CCCC2)c1. The number of aromatic nitrogens is 4. The molecule has 7 heteroatoms. The van der Waals surface area contributed by atoms with Gasteiger partial charge in [0, 0.05) is 30.9 Å². The predicted octanol–water partition coefficient (Wildman–Crippen LogP) is 3.14. The highest BCUT2D eigenvalue weighted by Crippen LogP contribution is 2.36. The molecule has 0 amide bonds. The fourth-order valence-electron chi connectivity index (χ4n) is 3.80. The molecule has 0 spiro atoms. The number of methoxy groups -OCH3 is 1. The molecule has 0 bridgehead atoms. The number of hydrogen-bond acceptors (Lipinski definition) is 6. The molecule has 2 aromatic rings. The summed E-state index contributed by atoms with van der Waals surface area (Å²) < 4.78 is 7.32. The first-order valence-corrected chi connectivity index (χ1v) is 9.17. The lowest BCUT2D eigenvalue weighted by atomic mass is 9.96. The molecule has 1 unspecified atom stereocenters. The van der Waals surface area contributed by atoms with Crippen LogP contribution in [0.25, 0.3) is 11.3 Å². The lowest BCUT2D eigenvalue weighted by molar-refractivity contribution is 0.119. The second kappa shape index (κ2) is 8.28. The Morgan fingerprint density at radius 1 is 1.38 bits per heavy atom. The first kappa shape index (κ1) is 18.3. The molecule has 2 aromatic heterocycles. The van der Waals surface area contributed by atoms with E-state index in [0.717, 1.165) is 16.8 Å². The molecule has 138 valence electrons. The summed E-state index contributed by atoms with van der Waals surface area (Å²) in [6.45, 7) is 1.99. The van der Waals surface area contributed by atoms with Crippen molar-refractivity contribution >= 4 is 5.82 Å². The maximum atomic E-state index is 9.25. The Morgan fingerprint density at radius 3 is 2.85 bits per heavy atom. The van der Waals surface area contributed by atoms with Crippen molar-refractivity contribution < 1.29 is 4.74 Å². The quantitative estimate of drug-likeness (QED) is 0.819. The normalized spacial score (nSPS) is 17.1. The second-order valence-corrected chi connectivity index (χ2v) is 7.02. The van der Waals surface area contributed by atoms with Crippen molar-refractivity contribution in [1.82, 2.24) is 19.7 Å². The molecule has 7 nitrogen and oxygen atoms in total. The van der Waals surface area contributed by atoms with Crippen molar-refractivity contribution in [3.05, 3.63) is 24.3 Å². The van der Waals surface area contributed by atoms with Crippen LogP contribution in [0.15, 0.2) is 18.7 Å². The van der Waals surface area contributed by atoms with Crippen LogP contribution in [0.4, 0.5) is 5.82 Å². The summed E-state index contributed by atoms with van der Waals surface area (Å²) in [6.07, 6.45) is 11.2. The topological polar surface area (TPSA) is 103 Å². The summed E-state index contributed by atoms with van der Waals surface area (Å²) in [7, 11) is 1.68. The monoisotopic (exact) mass is 354 g/mol. The van der Waals surface area contributed by atoms with E-state index in [-0.39, 0.29) is 12.1 Å². The van der Waals surface area contributed by atoms with E-state index >= 15 is 0 Å². The molecule has 0 radical (unpaired) electrons. The minimum Gasteiger partial charge on any atom is -0.383 e. The zero-order valence-corrected chi connectivity index (χ0v) is 15.4. The van der Waals surface area contributed by atoms with Crippen LogP contribution in [-0.4, -0.2) is 33.0 Å². The first-order valence-electron chi connectivity index (χ1n) is 9.17. The fraction of sp³-hybridized carbons (Fsp3) is 0.579. The molecule has 1 fully saturated rings. The van der Waals surface area contributed by atoms with Gasteiger partial charge in [0.25, 0.3) is 0 Å². The van der Waals surface area contributed by atoms with Gasteiger partial charge in [-0.2, -0.15) is 10.4 Å². The van der Waals surface area contributed by atoms with Crippen LogP contribution < -0.4 is 5.73 Å². The molecule has 1 aliphatic carbocycles. The zero-order chi connectivity index (χ0) is 18.5. The Labute approximate surface area is 154 Å². The van der Waals surface area contributed by atoms with Crippen LogP contribution in [-0.2, 0) is 11.2 Å². The molecular weight excluding hydrogens is 328 g/mol. The summed E-state index contributed by atoms with van der Waals surface area (Å²) in [5, 5.41) is 13.8. The van der Waals surface area contributed by atoms with E-state index in [9.17, 15) is 5.26 Å². The van der Waals surface area contributed by atoms with Crippen molar-refractivity contribution in [1.29, 1.82) is 5.26 Å². The third-order valence-electron chi connectivity index (χ3n) is 5.33. The fourth-order valence-corrected chi connectivity index (χ4v) is 3.80. The third-order valence-corrected chi connectivity index (χ3v) is 5.33. The summed E-state index contributed by atoms with van der Waals surface area (Å²) >= 11 is 0. The Kier molecular flexibility index (Phi) is 5.84. The zero-order valence-electron chi connectivity index (χ0n) is 15.4. The van der Waals surface area contributed by atoms with Crippen molar-refractivity contribution in [2.75, 3.05) is 12.8 Å². The van der Waals surface area contributed by atoms with Crippen LogP contribution in [0, 0.1) is 17.2 Å². The van der Waals surface area contributed by atoms with Gasteiger partial charge >= 0.3 is 0 Å². The van der Waals surface area contributed by atoms with E-state index in [4.69, 9.17) is 10.5 Å². The highest BCUT2D eigenvalue weighted by atomic mass is 16.5. The maximum Gasteiger partial charge on any atom is 0.130 e. The molecule has 0 aromatic carbocycles. The average molecular weight is 354 g/mol. The van der Waals surface area contributed by atoms with Crippen molar-refractivity contribution in [2.45, 2.75) is 57.6 Å². The van der Waals surface area contributed by atoms with Gasteiger partial charge in [-0.15, -0.1) is 0 Å². The van der Waals surface area contributed by atoms with Crippen molar-refractivity contribution in [2.24, 2.45) is 5.92 Å². The van der Waals surface area contributed by atoms with Crippen LogP contribution in [0.1, 0.15) is 50.6 Å². The molecule has 2 atom stereocenters. The Hall–Kier alpha value is -2.46. The Morgan fingerprint density at radius 2 is 2.15 bits per heavy atom. The van der Waals surface area contributed by atoms with Crippen LogP contribution in [0.5, 0.6) is 0 Å². The number of nitrogens with two attached hydrogens (primary N) is 1. The smallest absolute Gasteiger partial charge is 0.130 e. The number of anilines is 1. The van der Waals surface area contributed by atoms with Gasteiger partial charge in [0.1, 0.15) is 12.1 Å². The molecule has 26 heavy (non-hydrogen) atoms. The van der Waals surface area contributed by atoms with E-state index < -0.39 is 0 Å². The van der Waals surface area contributed by atoms with Crippen LogP contribution in [0.2, 0.25) is 0 Å². The molecular formula is C19H26N6O. The van der Waals surface area contributed by atoms with Gasteiger partial charge in [-0.3, -0.25) is 4.68 Å². The van der Waals surface area contributed by atoms with Crippen molar-refractivity contribution in [3.63, 3.8) is 0 Å². The standard InChI is InChI=1S/C19H26N6O/c1-13(26-2)9-16-18(22-12-23-19(16)21)15-10-24-25(11-15)17(7-8-20)14-5-3-4-6-14/h10-14,17H,3-7,9H2,1-2H3,(H2,21,22,23)/t13?,17-/m1/s1. The van der Waals surface area contributed by atoms with Crippen LogP contribution >= 0.6 is 0 Å². The summed E-state index contributed by atoms with van der Waals surface area (Å²) in [5.74, 6) is 0.988. The first-order chi connectivity index (χ1) is 12.6. The number of hydrogen-bond donors (Lipinski definition) is 1. The lowest BCUT2D eigenvalue weighted by Crippen LogP contribution is -2.17. The molecule has 1 aliphatic rings. The largest absolute Gasteiger partial charge is 0.383 e. The number of nitriles is 1. The molecule has 0 aliphatic heterocycles. The van der Waals surface area contributed by atoms with Gasteiger partial charge in [0.15, 0.2) is 0 Å². The second-order valence-electron chi connectivity index (χ2n) is 7.02. The molecule has 0 saturated heterocycles. The van der Waals surface area contributed by atoms with Gasteiger partial charge in [-0.1, -0.05) is 12.8 Å². The van der Waals surface area contributed by atoms with Gasteiger partial charge in [-0.05, 0) is 25.7 Å². The molecule has 1 saturated carbocycles. The Bertz CT molecular complexity index is 775. The highest BCUT2D eigenvalue weighted by Gasteiger charge is 2.27. The van der Waals surface area contributed by atoms with Gasteiger partial charge in [-0.25, -0.2) is 9.97 Å². The number of nitrogen functional groups attached to an aromatic ring is 1. The third kappa shape index (κ3) is 3.86. The minimum absolute atomic E-state index is 0.0157. The maximum absolute atomic E-state index is 9.25. The molecule has 2 heterocycles. The number of rotatable bonds is 7. The summed E-state index contributed by atoms with van der Waals surface area (Å²) in [4.78, 5) is 8.58. The highest BCUT2D eigenvalue weighted by molar-refractivity contribution is 5.66. The predicted molar refractivity (Wildman–Crippen MR) is 99.1 cm³/mol. The minimum atomic E-state index is 0.0157. The summed E-state index contributed by atoms with van der Waals surface area (Å²) in [6, 6.07) is 2.45. The van der Waals surface area contributed by atoms with E-state index in [2.05, 4.69) is 21.1 Å². The van der Waals surface area contributed by atoms with E-state index in [1.165, 1.54) is 32.0 Å².